The van der Waals surface area contributed by atoms with Gasteiger partial charge in [-0.05, 0) is 29.8 Å². The Balaban J connectivity index is 1.93. The molecule has 0 radical (unpaired) electrons. The minimum atomic E-state index is -0.386. The first-order valence-corrected chi connectivity index (χ1v) is 8.89. The number of rotatable bonds is 1. The summed E-state index contributed by atoms with van der Waals surface area (Å²) in [6.07, 6.45) is 1.78. The lowest BCUT2D eigenvalue weighted by atomic mass is 9.99. The molecule has 0 spiro atoms. The summed E-state index contributed by atoms with van der Waals surface area (Å²) >= 11 is 0. The lowest BCUT2D eigenvalue weighted by Crippen LogP contribution is -2.37. The SMILES string of the molecule is Cn1c(=O)c2cn3c(c2n(C)c1=O)[C@@H](c1ccc(F)cc1)Nc1ccccc1-3. The highest BCUT2D eigenvalue weighted by Gasteiger charge is 2.30. The topological polar surface area (TPSA) is 61.0 Å². The number of hydrogen-bond donors (Lipinski definition) is 1. The Morgan fingerprint density at radius 1 is 0.964 bits per heavy atom. The minimum absolute atomic E-state index is 0.318. The van der Waals surface area contributed by atoms with E-state index < -0.39 is 0 Å². The smallest absolute Gasteiger partial charge is 0.331 e. The van der Waals surface area contributed by atoms with E-state index in [9.17, 15) is 14.0 Å². The molecule has 4 aromatic rings. The largest absolute Gasteiger partial charge is 0.371 e. The van der Waals surface area contributed by atoms with Crippen LogP contribution in [0.25, 0.3) is 16.6 Å². The van der Waals surface area contributed by atoms with E-state index in [0.717, 1.165) is 27.2 Å². The fourth-order valence-corrected chi connectivity index (χ4v) is 4.01. The summed E-state index contributed by atoms with van der Waals surface area (Å²) in [6.45, 7) is 0. The van der Waals surface area contributed by atoms with E-state index in [-0.39, 0.29) is 23.1 Å². The van der Waals surface area contributed by atoms with E-state index in [2.05, 4.69) is 5.32 Å². The average Bonchev–Trinajstić information content (AvgIpc) is 3.12. The van der Waals surface area contributed by atoms with Gasteiger partial charge in [-0.25, -0.2) is 9.18 Å². The summed E-state index contributed by atoms with van der Waals surface area (Å²) in [5, 5.41) is 3.94. The molecule has 3 heterocycles. The molecule has 0 aliphatic carbocycles. The molecule has 0 bridgehead atoms. The Hall–Kier alpha value is -3.61. The molecule has 2 aromatic carbocycles. The van der Waals surface area contributed by atoms with E-state index in [1.54, 1.807) is 25.4 Å². The standard InChI is InChI=1S/C21H17FN4O2/c1-24-18-14(20(27)25(2)21(24)28)11-26-16-6-4-3-5-15(16)23-17(19(18)26)12-7-9-13(22)10-8-12/h3-11,17,23H,1-2H3/t17-/m1/s1. The summed E-state index contributed by atoms with van der Waals surface area (Å²) in [4.78, 5) is 25.4. The highest BCUT2D eigenvalue weighted by molar-refractivity contribution is 5.86. The van der Waals surface area contributed by atoms with Crippen molar-refractivity contribution < 1.29 is 4.39 Å². The molecule has 0 amide bonds. The molecule has 1 atom stereocenters. The molecular weight excluding hydrogens is 359 g/mol. The quantitative estimate of drug-likeness (QED) is 0.556. The van der Waals surface area contributed by atoms with Gasteiger partial charge in [0.15, 0.2) is 0 Å². The minimum Gasteiger partial charge on any atom is -0.371 e. The lowest BCUT2D eigenvalue weighted by molar-refractivity contribution is 0.626. The molecule has 0 fully saturated rings. The van der Waals surface area contributed by atoms with Crippen LogP contribution in [0.1, 0.15) is 17.3 Å². The van der Waals surface area contributed by atoms with Crippen LogP contribution in [0.15, 0.2) is 64.3 Å². The average molecular weight is 376 g/mol. The van der Waals surface area contributed by atoms with Gasteiger partial charge < -0.3 is 9.88 Å². The van der Waals surface area contributed by atoms with E-state index in [4.69, 9.17) is 0 Å². The zero-order valence-electron chi connectivity index (χ0n) is 15.3. The number of anilines is 1. The van der Waals surface area contributed by atoms with E-state index in [1.165, 1.54) is 23.7 Å². The van der Waals surface area contributed by atoms with Gasteiger partial charge in [-0.1, -0.05) is 24.3 Å². The fourth-order valence-electron chi connectivity index (χ4n) is 4.01. The van der Waals surface area contributed by atoms with Gasteiger partial charge in [0.25, 0.3) is 5.56 Å². The number of nitrogens with one attached hydrogen (secondary N) is 1. The second kappa shape index (κ2) is 5.69. The van der Waals surface area contributed by atoms with E-state index in [0.29, 0.717) is 10.9 Å². The fraction of sp³-hybridized carbons (Fsp3) is 0.143. The van der Waals surface area contributed by atoms with Crippen molar-refractivity contribution in [2.75, 3.05) is 5.32 Å². The van der Waals surface area contributed by atoms with Crippen molar-refractivity contribution in [3.8, 4) is 5.69 Å². The highest BCUT2D eigenvalue weighted by atomic mass is 19.1. The number of halogens is 1. The third kappa shape index (κ3) is 2.13. The molecule has 0 saturated heterocycles. The first-order valence-electron chi connectivity index (χ1n) is 8.89. The molecule has 28 heavy (non-hydrogen) atoms. The molecule has 5 rings (SSSR count). The lowest BCUT2D eigenvalue weighted by Gasteiger charge is -2.30. The predicted octanol–water partition coefficient (Wildman–Crippen LogP) is 2.68. The highest BCUT2D eigenvalue weighted by Crippen LogP contribution is 2.40. The first kappa shape index (κ1) is 16.6. The number of benzene rings is 2. The first-order chi connectivity index (χ1) is 13.5. The van der Waals surface area contributed by atoms with Crippen LogP contribution in [0.4, 0.5) is 10.1 Å². The maximum absolute atomic E-state index is 13.5. The Kier molecular flexibility index (Phi) is 3.37. The summed E-state index contributed by atoms with van der Waals surface area (Å²) in [5.74, 6) is -0.318. The Labute approximate surface area is 159 Å². The van der Waals surface area contributed by atoms with Crippen molar-refractivity contribution in [3.05, 3.63) is 92.6 Å². The summed E-state index contributed by atoms with van der Waals surface area (Å²) < 4.78 is 18.0. The number of aryl methyl sites for hydroxylation is 1. The van der Waals surface area contributed by atoms with Crippen LogP contribution in [0.3, 0.4) is 0 Å². The molecule has 6 nitrogen and oxygen atoms in total. The number of aromatic nitrogens is 3. The maximum atomic E-state index is 13.5. The van der Waals surface area contributed by atoms with Crippen molar-refractivity contribution in [2.24, 2.45) is 14.1 Å². The summed E-state index contributed by atoms with van der Waals surface area (Å²) in [7, 11) is 3.14. The molecule has 7 heteroatoms. The molecule has 1 N–H and O–H groups in total. The van der Waals surface area contributed by atoms with Gasteiger partial charge in [0.05, 0.1) is 34.0 Å². The number of fused-ring (bicyclic) bond motifs is 5. The Bertz CT molecular complexity index is 1360. The van der Waals surface area contributed by atoms with Gasteiger partial charge >= 0.3 is 5.69 Å². The Morgan fingerprint density at radius 2 is 1.68 bits per heavy atom. The predicted molar refractivity (Wildman–Crippen MR) is 106 cm³/mol. The Morgan fingerprint density at radius 3 is 2.43 bits per heavy atom. The third-order valence-corrected chi connectivity index (χ3v) is 5.40. The number of para-hydroxylation sites is 2. The van der Waals surface area contributed by atoms with Gasteiger partial charge in [-0.3, -0.25) is 13.9 Å². The van der Waals surface area contributed by atoms with Gasteiger partial charge in [-0.15, -0.1) is 0 Å². The van der Waals surface area contributed by atoms with Crippen LogP contribution in [0, 0.1) is 5.82 Å². The van der Waals surface area contributed by atoms with Crippen LogP contribution >= 0.6 is 0 Å². The number of hydrogen-bond acceptors (Lipinski definition) is 3. The zero-order valence-corrected chi connectivity index (χ0v) is 15.3. The van der Waals surface area contributed by atoms with Crippen molar-refractivity contribution in [1.82, 2.24) is 13.7 Å². The molecule has 0 saturated carbocycles. The van der Waals surface area contributed by atoms with Gasteiger partial charge in [-0.2, -0.15) is 0 Å². The van der Waals surface area contributed by atoms with E-state index >= 15 is 0 Å². The van der Waals surface area contributed by atoms with Crippen LogP contribution < -0.4 is 16.6 Å². The van der Waals surface area contributed by atoms with Crippen molar-refractivity contribution in [2.45, 2.75) is 6.04 Å². The molecule has 0 unspecified atom stereocenters. The monoisotopic (exact) mass is 376 g/mol. The molecule has 2 aromatic heterocycles. The second-order valence-electron chi connectivity index (χ2n) is 7.00. The maximum Gasteiger partial charge on any atom is 0.331 e. The molecule has 140 valence electrons. The van der Waals surface area contributed by atoms with Crippen LogP contribution in [-0.2, 0) is 14.1 Å². The van der Waals surface area contributed by atoms with Gasteiger partial charge in [0.1, 0.15) is 5.82 Å². The van der Waals surface area contributed by atoms with Crippen molar-refractivity contribution in [1.29, 1.82) is 0 Å². The molecule has 1 aliphatic heterocycles. The second-order valence-corrected chi connectivity index (χ2v) is 7.00. The van der Waals surface area contributed by atoms with Crippen molar-refractivity contribution >= 4 is 16.6 Å². The zero-order chi connectivity index (χ0) is 19.6. The van der Waals surface area contributed by atoms with E-state index in [1.807, 2.05) is 28.8 Å². The van der Waals surface area contributed by atoms with Gasteiger partial charge in [0, 0.05) is 20.3 Å². The molecular formula is C21H17FN4O2. The van der Waals surface area contributed by atoms with Crippen molar-refractivity contribution in [3.63, 3.8) is 0 Å². The van der Waals surface area contributed by atoms with Gasteiger partial charge in [0.2, 0.25) is 0 Å². The summed E-state index contributed by atoms with van der Waals surface area (Å²) in [6, 6.07) is 13.7. The molecule has 1 aliphatic rings. The summed E-state index contributed by atoms with van der Waals surface area (Å²) in [5.41, 5.74) is 3.25. The normalized spacial score (nSPS) is 15.2. The third-order valence-electron chi connectivity index (χ3n) is 5.40. The van der Waals surface area contributed by atoms with Crippen LogP contribution in [0.2, 0.25) is 0 Å². The van der Waals surface area contributed by atoms with Crippen LogP contribution in [0.5, 0.6) is 0 Å². The number of nitrogens with zero attached hydrogens (tertiary/aromatic N) is 3. The van der Waals surface area contributed by atoms with Crippen LogP contribution in [-0.4, -0.2) is 13.7 Å².